The van der Waals surface area contributed by atoms with Gasteiger partial charge in [-0.2, -0.15) is 0 Å². The van der Waals surface area contributed by atoms with E-state index < -0.39 is 11.2 Å². The van der Waals surface area contributed by atoms with Crippen molar-refractivity contribution in [2.75, 3.05) is 26.2 Å². The smallest absolute Gasteiger partial charge is 0.407 e. The molecule has 27 heavy (non-hydrogen) atoms. The Bertz CT molecular complexity index is 459. The van der Waals surface area contributed by atoms with Crippen LogP contribution in [0.4, 0.5) is 9.59 Å². The van der Waals surface area contributed by atoms with Crippen molar-refractivity contribution in [3.8, 4) is 0 Å². The topological polar surface area (TPSA) is 101 Å². The Balaban J connectivity index is 0.000000271. The molecule has 0 aromatic rings. The van der Waals surface area contributed by atoms with Gasteiger partial charge in [0.05, 0.1) is 0 Å². The van der Waals surface area contributed by atoms with E-state index in [-0.39, 0.29) is 24.3 Å². The highest BCUT2D eigenvalue weighted by atomic mass is 16.6. The molecule has 0 aliphatic carbocycles. The van der Waals surface area contributed by atoms with E-state index in [0.29, 0.717) is 0 Å². The first-order chi connectivity index (χ1) is 12.4. The number of nitrogens with one attached hydrogen (secondary N) is 4. The SMILES string of the molecule is CC(C)(C)OC(=O)NC1CCNC1.CC(C)(C)OC(=O)N[C@H]1CCCNC1. The maximum Gasteiger partial charge on any atom is 0.407 e. The van der Waals surface area contributed by atoms with Crippen molar-refractivity contribution in [1.29, 1.82) is 0 Å². The molecule has 0 spiro atoms. The Hall–Kier alpha value is -1.54. The van der Waals surface area contributed by atoms with Gasteiger partial charge in [0.2, 0.25) is 0 Å². The van der Waals surface area contributed by atoms with Crippen molar-refractivity contribution in [3.63, 3.8) is 0 Å². The zero-order chi connectivity index (χ0) is 20.5. The van der Waals surface area contributed by atoms with Crippen LogP contribution in [0.5, 0.6) is 0 Å². The third-order valence-electron chi connectivity index (χ3n) is 3.80. The molecule has 2 amide bonds. The van der Waals surface area contributed by atoms with Crippen molar-refractivity contribution in [2.24, 2.45) is 0 Å². The summed E-state index contributed by atoms with van der Waals surface area (Å²) >= 11 is 0. The summed E-state index contributed by atoms with van der Waals surface area (Å²) in [6.07, 6.45) is 2.50. The summed E-state index contributed by atoms with van der Waals surface area (Å²) in [5.41, 5.74) is -0.817. The van der Waals surface area contributed by atoms with Gasteiger partial charge in [0, 0.05) is 25.2 Å². The van der Waals surface area contributed by atoms with Crippen LogP contribution in [0.1, 0.15) is 60.8 Å². The number of piperidine rings is 1. The largest absolute Gasteiger partial charge is 0.444 e. The summed E-state index contributed by atoms with van der Waals surface area (Å²) < 4.78 is 10.3. The van der Waals surface area contributed by atoms with Crippen LogP contribution in [0.25, 0.3) is 0 Å². The lowest BCUT2D eigenvalue weighted by atomic mass is 10.1. The van der Waals surface area contributed by atoms with Gasteiger partial charge in [-0.3, -0.25) is 0 Å². The molecule has 2 aliphatic rings. The molecule has 1 unspecified atom stereocenters. The Morgan fingerprint density at radius 2 is 1.22 bits per heavy atom. The van der Waals surface area contributed by atoms with Crippen LogP contribution in [0.15, 0.2) is 0 Å². The van der Waals surface area contributed by atoms with E-state index in [2.05, 4.69) is 21.3 Å². The average Bonchev–Trinajstić information content (AvgIpc) is 2.97. The molecule has 0 aromatic heterocycles. The third kappa shape index (κ3) is 12.5. The van der Waals surface area contributed by atoms with E-state index in [9.17, 15) is 9.59 Å². The number of rotatable bonds is 2. The molecule has 8 nitrogen and oxygen atoms in total. The number of hydrogen-bond acceptors (Lipinski definition) is 6. The maximum absolute atomic E-state index is 11.4. The molecule has 0 aromatic carbocycles. The summed E-state index contributed by atoms with van der Waals surface area (Å²) in [4.78, 5) is 22.6. The summed E-state index contributed by atoms with van der Waals surface area (Å²) in [5.74, 6) is 0. The quantitative estimate of drug-likeness (QED) is 0.580. The van der Waals surface area contributed by atoms with E-state index >= 15 is 0 Å². The molecule has 2 rings (SSSR count). The fourth-order valence-corrected chi connectivity index (χ4v) is 2.70. The second kappa shape index (κ2) is 10.7. The lowest BCUT2D eigenvalue weighted by Gasteiger charge is -2.26. The van der Waals surface area contributed by atoms with Gasteiger partial charge in [0.15, 0.2) is 0 Å². The van der Waals surface area contributed by atoms with Crippen LogP contribution in [-0.4, -0.2) is 61.7 Å². The predicted molar refractivity (Wildman–Crippen MR) is 106 cm³/mol. The van der Waals surface area contributed by atoms with Crippen LogP contribution in [-0.2, 0) is 9.47 Å². The van der Waals surface area contributed by atoms with Crippen molar-refractivity contribution >= 4 is 12.2 Å². The summed E-state index contributed by atoms with van der Waals surface area (Å²) in [6, 6.07) is 0.452. The van der Waals surface area contributed by atoms with Crippen LogP contribution in [0.2, 0.25) is 0 Å². The number of carbonyl (C=O) groups is 2. The first kappa shape index (κ1) is 23.5. The Kier molecular flexibility index (Phi) is 9.32. The summed E-state index contributed by atoms with van der Waals surface area (Å²) in [6.45, 7) is 14.9. The lowest BCUT2D eigenvalue weighted by molar-refractivity contribution is 0.0489. The van der Waals surface area contributed by atoms with E-state index in [1.165, 1.54) is 0 Å². The fourth-order valence-electron chi connectivity index (χ4n) is 2.70. The van der Waals surface area contributed by atoms with Gasteiger partial charge in [-0.25, -0.2) is 9.59 Å². The van der Waals surface area contributed by atoms with Gasteiger partial charge in [0.1, 0.15) is 11.2 Å². The highest BCUT2D eigenvalue weighted by Crippen LogP contribution is 2.09. The van der Waals surface area contributed by atoms with Gasteiger partial charge in [-0.15, -0.1) is 0 Å². The minimum absolute atomic E-state index is 0.221. The second-order valence-electron chi connectivity index (χ2n) is 9.03. The molecule has 8 heteroatoms. The molecule has 2 atom stereocenters. The minimum atomic E-state index is -0.411. The Labute approximate surface area is 163 Å². The van der Waals surface area contributed by atoms with Crippen molar-refractivity contribution < 1.29 is 19.1 Å². The molecule has 2 aliphatic heterocycles. The number of hydrogen-bond donors (Lipinski definition) is 4. The van der Waals surface area contributed by atoms with Crippen molar-refractivity contribution in [3.05, 3.63) is 0 Å². The standard InChI is InChI=1S/C10H20N2O2.C9H18N2O2/c1-10(2,3)14-9(13)12-8-5-4-6-11-7-8;1-9(2,3)13-8(12)11-7-4-5-10-6-7/h8,11H,4-7H2,1-3H3,(H,12,13);7,10H,4-6H2,1-3H3,(H,11,12)/t8-;/m0./s1. The summed E-state index contributed by atoms with van der Waals surface area (Å²) in [5, 5.41) is 12.1. The number of alkyl carbamates (subject to hydrolysis) is 2. The molecule has 4 N–H and O–H groups in total. The van der Waals surface area contributed by atoms with Gasteiger partial charge in [-0.1, -0.05) is 0 Å². The zero-order valence-electron chi connectivity index (χ0n) is 17.7. The highest BCUT2D eigenvalue weighted by Gasteiger charge is 2.21. The summed E-state index contributed by atoms with van der Waals surface area (Å²) in [7, 11) is 0. The zero-order valence-corrected chi connectivity index (χ0v) is 17.7. The molecule has 2 saturated heterocycles. The fraction of sp³-hybridized carbons (Fsp3) is 0.895. The van der Waals surface area contributed by atoms with Gasteiger partial charge >= 0.3 is 12.2 Å². The monoisotopic (exact) mass is 386 g/mol. The molecule has 158 valence electrons. The van der Waals surface area contributed by atoms with Gasteiger partial charge in [0.25, 0.3) is 0 Å². The Morgan fingerprint density at radius 1 is 0.778 bits per heavy atom. The normalized spacial score (nSPS) is 22.9. The highest BCUT2D eigenvalue weighted by molar-refractivity contribution is 5.68. The van der Waals surface area contributed by atoms with Gasteiger partial charge < -0.3 is 30.7 Å². The number of carbonyl (C=O) groups excluding carboxylic acids is 2. The van der Waals surface area contributed by atoms with Crippen molar-refractivity contribution in [1.82, 2.24) is 21.3 Å². The molecule has 0 radical (unpaired) electrons. The lowest BCUT2D eigenvalue weighted by Crippen LogP contribution is -2.47. The molecule has 0 saturated carbocycles. The van der Waals surface area contributed by atoms with Crippen LogP contribution in [0, 0.1) is 0 Å². The third-order valence-corrected chi connectivity index (χ3v) is 3.80. The van der Waals surface area contributed by atoms with E-state index in [1.807, 2.05) is 41.5 Å². The van der Waals surface area contributed by atoms with E-state index in [4.69, 9.17) is 9.47 Å². The van der Waals surface area contributed by atoms with E-state index in [1.54, 1.807) is 0 Å². The van der Waals surface area contributed by atoms with Crippen molar-refractivity contribution in [2.45, 2.75) is 84.1 Å². The molecular weight excluding hydrogens is 348 g/mol. The average molecular weight is 387 g/mol. The second-order valence-corrected chi connectivity index (χ2v) is 9.03. The molecule has 2 fully saturated rings. The molecule has 2 heterocycles. The molecular formula is C19H38N4O4. The number of amides is 2. The number of ether oxygens (including phenoxy) is 2. The van der Waals surface area contributed by atoms with Crippen LogP contribution < -0.4 is 21.3 Å². The van der Waals surface area contributed by atoms with Gasteiger partial charge in [-0.05, 0) is 73.9 Å². The minimum Gasteiger partial charge on any atom is -0.444 e. The predicted octanol–water partition coefficient (Wildman–Crippen LogP) is 2.14. The maximum atomic E-state index is 11.4. The van der Waals surface area contributed by atoms with Crippen LogP contribution in [0.3, 0.4) is 0 Å². The Morgan fingerprint density at radius 3 is 1.59 bits per heavy atom. The van der Waals surface area contributed by atoms with Crippen LogP contribution >= 0.6 is 0 Å². The first-order valence-electron chi connectivity index (χ1n) is 9.85. The van der Waals surface area contributed by atoms with E-state index in [0.717, 1.165) is 45.4 Å². The first-order valence-corrected chi connectivity index (χ1v) is 9.85. The molecule has 0 bridgehead atoms.